The number of hydrogen-bond acceptors (Lipinski definition) is 4. The lowest BCUT2D eigenvalue weighted by Crippen LogP contribution is -2.17. The van der Waals surface area contributed by atoms with Crippen molar-refractivity contribution in [1.82, 2.24) is 24.6 Å². The van der Waals surface area contributed by atoms with E-state index >= 15 is 0 Å². The number of hydrogen-bond donors (Lipinski definition) is 2. The molecule has 3 aromatic heterocycles. The topological polar surface area (TPSA) is 88.0 Å². The molecule has 0 atom stereocenters. The third-order valence-corrected chi connectivity index (χ3v) is 4.30. The number of halogens is 1. The molecular formula is C19H17FN6O. The maximum Gasteiger partial charge on any atom is 0.232 e. The second-order valence-electron chi connectivity index (χ2n) is 6.36. The zero-order valence-electron chi connectivity index (χ0n) is 14.8. The summed E-state index contributed by atoms with van der Waals surface area (Å²) in [6.07, 6.45) is 3.33. The molecule has 4 rings (SSSR count). The Bertz CT molecular complexity index is 1130. The second-order valence-corrected chi connectivity index (χ2v) is 6.36. The molecule has 0 radical (unpaired) electrons. The van der Waals surface area contributed by atoms with Crippen molar-refractivity contribution in [2.75, 3.05) is 5.32 Å². The number of pyridine rings is 1. The van der Waals surface area contributed by atoms with Gasteiger partial charge in [-0.3, -0.25) is 10.1 Å². The van der Waals surface area contributed by atoms with Crippen LogP contribution in [-0.4, -0.2) is 30.5 Å². The Morgan fingerprint density at radius 3 is 2.85 bits per heavy atom. The van der Waals surface area contributed by atoms with Gasteiger partial charge < -0.3 is 4.40 Å². The number of carbonyl (C=O) groups is 1. The van der Waals surface area contributed by atoms with Gasteiger partial charge in [-0.25, -0.2) is 14.5 Å². The highest BCUT2D eigenvalue weighted by molar-refractivity contribution is 5.91. The molecule has 0 saturated carbocycles. The fourth-order valence-electron chi connectivity index (χ4n) is 2.99. The van der Waals surface area contributed by atoms with Gasteiger partial charge in [-0.15, -0.1) is 0 Å². The number of nitrogens with one attached hydrogen (secondary N) is 2. The van der Waals surface area contributed by atoms with Crippen LogP contribution in [0.1, 0.15) is 16.8 Å². The normalized spacial score (nSPS) is 11.1. The van der Waals surface area contributed by atoms with Gasteiger partial charge in [-0.05, 0) is 49.2 Å². The molecular weight excluding hydrogens is 347 g/mol. The summed E-state index contributed by atoms with van der Waals surface area (Å²) in [5.41, 5.74) is 4.42. The highest BCUT2D eigenvalue weighted by atomic mass is 19.1. The Morgan fingerprint density at radius 1 is 1.26 bits per heavy atom. The van der Waals surface area contributed by atoms with Crippen molar-refractivity contribution in [2.24, 2.45) is 0 Å². The number of anilines is 1. The fourth-order valence-corrected chi connectivity index (χ4v) is 2.99. The molecule has 4 aromatic rings. The summed E-state index contributed by atoms with van der Waals surface area (Å²) in [5.74, 6) is -0.248. The molecule has 0 aliphatic carbocycles. The summed E-state index contributed by atoms with van der Waals surface area (Å²) in [5, 5.41) is 8.98. The number of carbonyl (C=O) groups excluding carboxylic acids is 1. The fraction of sp³-hybridized carbons (Fsp3) is 0.158. The minimum atomic E-state index is -0.275. The number of benzene rings is 1. The summed E-state index contributed by atoms with van der Waals surface area (Å²) in [4.78, 5) is 21.1. The van der Waals surface area contributed by atoms with Crippen LogP contribution in [0.5, 0.6) is 0 Å². The van der Waals surface area contributed by atoms with E-state index in [0.29, 0.717) is 11.3 Å². The Morgan fingerprint density at radius 2 is 2.11 bits per heavy atom. The number of aryl methyl sites for hydroxylation is 2. The van der Waals surface area contributed by atoms with E-state index in [-0.39, 0.29) is 24.1 Å². The van der Waals surface area contributed by atoms with Crippen LogP contribution in [0, 0.1) is 19.7 Å². The van der Waals surface area contributed by atoms with E-state index in [9.17, 15) is 9.18 Å². The van der Waals surface area contributed by atoms with Gasteiger partial charge in [0.1, 0.15) is 17.8 Å². The summed E-state index contributed by atoms with van der Waals surface area (Å²) in [7, 11) is 0. The van der Waals surface area contributed by atoms with Gasteiger partial charge in [-0.1, -0.05) is 6.07 Å². The Labute approximate surface area is 154 Å². The molecule has 8 heteroatoms. The van der Waals surface area contributed by atoms with Crippen LogP contribution in [0.15, 0.2) is 42.9 Å². The molecule has 136 valence electrons. The number of H-pyrrole nitrogens is 1. The van der Waals surface area contributed by atoms with Crippen LogP contribution in [0.2, 0.25) is 0 Å². The number of nitrogens with zero attached hydrogens (tertiary/aromatic N) is 4. The van der Waals surface area contributed by atoms with Crippen molar-refractivity contribution in [2.45, 2.75) is 20.3 Å². The summed E-state index contributed by atoms with van der Waals surface area (Å²) in [6.45, 7) is 3.68. The van der Waals surface area contributed by atoms with Crippen LogP contribution in [0.25, 0.3) is 16.9 Å². The third-order valence-electron chi connectivity index (χ3n) is 4.30. The van der Waals surface area contributed by atoms with E-state index in [4.69, 9.17) is 0 Å². The molecule has 3 heterocycles. The van der Waals surface area contributed by atoms with E-state index in [1.165, 1.54) is 12.4 Å². The number of aromatic nitrogens is 5. The van der Waals surface area contributed by atoms with Gasteiger partial charge in [0.15, 0.2) is 0 Å². The van der Waals surface area contributed by atoms with E-state index in [2.05, 4.69) is 25.5 Å². The molecule has 7 nitrogen and oxygen atoms in total. The van der Waals surface area contributed by atoms with Crippen molar-refractivity contribution < 1.29 is 9.18 Å². The first kappa shape index (κ1) is 16.9. The number of imidazole rings is 1. The number of aromatic amines is 1. The smallest absolute Gasteiger partial charge is 0.232 e. The quantitative estimate of drug-likeness (QED) is 0.583. The lowest BCUT2D eigenvalue weighted by atomic mass is 10.1. The van der Waals surface area contributed by atoms with Gasteiger partial charge >= 0.3 is 0 Å². The third kappa shape index (κ3) is 3.29. The molecule has 0 spiro atoms. The molecule has 2 N–H and O–H groups in total. The molecule has 0 fully saturated rings. The molecule has 27 heavy (non-hydrogen) atoms. The average molecular weight is 364 g/mol. The molecule has 0 saturated heterocycles. The maximum atomic E-state index is 13.7. The molecule has 0 bridgehead atoms. The lowest BCUT2D eigenvalue weighted by Gasteiger charge is -2.07. The van der Waals surface area contributed by atoms with Gasteiger partial charge in [0.2, 0.25) is 11.9 Å². The molecule has 0 aliphatic heterocycles. The van der Waals surface area contributed by atoms with Crippen molar-refractivity contribution in [3.8, 4) is 11.3 Å². The standard InChI is InChI=1S/C19H17FN6O/c1-11-3-6-16-23-18(13-4-5-14(20)12(2)7-13)15(26(16)9-11)8-17(27)24-19-21-10-22-25-19/h3-7,9-10H,8H2,1-2H3,(H2,21,22,24,25,27). The van der Waals surface area contributed by atoms with E-state index < -0.39 is 0 Å². The van der Waals surface area contributed by atoms with Crippen molar-refractivity contribution in [3.63, 3.8) is 0 Å². The molecule has 1 amide bonds. The van der Waals surface area contributed by atoms with Gasteiger partial charge in [0.25, 0.3) is 0 Å². The number of rotatable bonds is 4. The Kier molecular flexibility index (Phi) is 4.15. The Balaban J connectivity index is 1.79. The van der Waals surface area contributed by atoms with E-state index in [1.54, 1.807) is 19.1 Å². The first-order valence-electron chi connectivity index (χ1n) is 8.40. The SMILES string of the molecule is Cc1ccc2nc(-c3ccc(F)c(C)c3)c(CC(=O)Nc3ncn[nH]3)n2c1. The Hall–Kier alpha value is -3.55. The van der Waals surface area contributed by atoms with Crippen LogP contribution >= 0.6 is 0 Å². The van der Waals surface area contributed by atoms with E-state index in [1.807, 2.05) is 29.7 Å². The van der Waals surface area contributed by atoms with Gasteiger partial charge in [0, 0.05) is 11.8 Å². The summed E-state index contributed by atoms with van der Waals surface area (Å²) >= 11 is 0. The van der Waals surface area contributed by atoms with Crippen molar-refractivity contribution in [1.29, 1.82) is 0 Å². The maximum absolute atomic E-state index is 13.7. The minimum absolute atomic E-state index is 0.0804. The predicted octanol–water partition coefficient (Wildman–Crippen LogP) is 3.06. The highest BCUT2D eigenvalue weighted by Gasteiger charge is 2.18. The first-order chi connectivity index (χ1) is 13.0. The van der Waals surface area contributed by atoms with Gasteiger partial charge in [0.05, 0.1) is 17.8 Å². The minimum Gasteiger partial charge on any atom is -0.303 e. The molecule has 0 unspecified atom stereocenters. The number of fused-ring (bicyclic) bond motifs is 1. The van der Waals surface area contributed by atoms with Crippen molar-refractivity contribution in [3.05, 3.63) is 65.5 Å². The lowest BCUT2D eigenvalue weighted by molar-refractivity contribution is -0.115. The van der Waals surface area contributed by atoms with Crippen LogP contribution < -0.4 is 5.32 Å². The van der Waals surface area contributed by atoms with E-state index in [0.717, 1.165) is 22.5 Å². The highest BCUT2D eigenvalue weighted by Crippen LogP contribution is 2.27. The second kappa shape index (κ2) is 6.64. The van der Waals surface area contributed by atoms with Crippen LogP contribution in [0.3, 0.4) is 0 Å². The largest absolute Gasteiger partial charge is 0.303 e. The zero-order chi connectivity index (χ0) is 19.0. The van der Waals surface area contributed by atoms with Crippen molar-refractivity contribution >= 4 is 17.5 Å². The molecule has 0 aliphatic rings. The van der Waals surface area contributed by atoms with Crippen LogP contribution in [-0.2, 0) is 11.2 Å². The first-order valence-corrected chi connectivity index (χ1v) is 8.40. The monoisotopic (exact) mass is 364 g/mol. The predicted molar refractivity (Wildman–Crippen MR) is 98.8 cm³/mol. The molecule has 1 aromatic carbocycles. The zero-order valence-corrected chi connectivity index (χ0v) is 14.8. The average Bonchev–Trinajstić information content (AvgIpc) is 3.26. The summed E-state index contributed by atoms with van der Waals surface area (Å²) in [6, 6.07) is 8.68. The van der Waals surface area contributed by atoms with Gasteiger partial charge in [-0.2, -0.15) is 10.1 Å². The summed E-state index contributed by atoms with van der Waals surface area (Å²) < 4.78 is 15.6. The van der Waals surface area contributed by atoms with Crippen LogP contribution in [0.4, 0.5) is 10.3 Å². The number of amides is 1.